The molecule has 0 saturated carbocycles. The minimum absolute atomic E-state index is 0.997. The second-order valence-corrected chi connectivity index (χ2v) is 5.51. The first-order chi connectivity index (χ1) is 9.69. The quantitative estimate of drug-likeness (QED) is 0.545. The largest absolute Gasteiger partial charge is 0.373 e. The van der Waals surface area contributed by atoms with Gasteiger partial charge in [-0.25, -0.2) is 18.3 Å². The molecule has 0 saturated heterocycles. The second-order valence-electron chi connectivity index (χ2n) is 5.51. The molecule has 2 aromatic heterocycles. The summed E-state index contributed by atoms with van der Waals surface area (Å²) >= 11 is 0. The van der Waals surface area contributed by atoms with Crippen LogP contribution >= 0.6 is 0 Å². The van der Waals surface area contributed by atoms with Crippen molar-refractivity contribution in [2.24, 2.45) is 14.1 Å². The average molecular weight is 276 g/mol. The van der Waals surface area contributed by atoms with E-state index < -0.39 is 0 Å². The minimum atomic E-state index is 0.997. The van der Waals surface area contributed by atoms with Crippen LogP contribution in [-0.4, -0.2) is 9.13 Å². The molecule has 0 unspecified atom stereocenters. The van der Waals surface area contributed by atoms with E-state index in [2.05, 4.69) is 71.0 Å². The average Bonchev–Trinajstić information content (AvgIpc) is 2.98. The molecule has 2 aromatic rings. The molecule has 0 aliphatic carbocycles. The maximum atomic E-state index is 2.39. The van der Waals surface area contributed by atoms with Crippen LogP contribution < -0.4 is 9.13 Å². The van der Waals surface area contributed by atoms with Gasteiger partial charge in [0.2, 0.25) is 0 Å². The van der Waals surface area contributed by atoms with Crippen molar-refractivity contribution in [2.45, 2.75) is 52.6 Å². The van der Waals surface area contributed by atoms with Gasteiger partial charge in [-0.2, -0.15) is 0 Å². The lowest BCUT2D eigenvalue weighted by molar-refractivity contribution is -0.690. The van der Waals surface area contributed by atoms with Gasteiger partial charge in [0, 0.05) is 0 Å². The van der Waals surface area contributed by atoms with Gasteiger partial charge in [-0.1, -0.05) is 19.8 Å². The SMILES string of the molecule is CCCCCCn1cc[n+](C)c1-c1n(CC)cc[n+]1C. The summed E-state index contributed by atoms with van der Waals surface area (Å²) in [6.07, 6.45) is 13.8. The zero-order chi connectivity index (χ0) is 14.5. The van der Waals surface area contributed by atoms with Crippen molar-refractivity contribution >= 4 is 0 Å². The molecule has 0 N–H and O–H groups in total. The zero-order valence-corrected chi connectivity index (χ0v) is 13.3. The first-order valence-electron chi connectivity index (χ1n) is 7.78. The van der Waals surface area contributed by atoms with Crippen LogP contribution in [0.25, 0.3) is 11.6 Å². The summed E-state index contributed by atoms with van der Waals surface area (Å²) in [6, 6.07) is 0. The number of rotatable bonds is 7. The number of imidazole rings is 2. The molecule has 4 nitrogen and oxygen atoms in total. The Hall–Kier alpha value is -1.58. The fraction of sp³-hybridized carbons (Fsp3) is 0.625. The zero-order valence-electron chi connectivity index (χ0n) is 13.3. The van der Waals surface area contributed by atoms with Gasteiger partial charge in [-0.3, -0.25) is 0 Å². The Morgan fingerprint density at radius 3 is 2.05 bits per heavy atom. The molecule has 2 heterocycles. The topological polar surface area (TPSA) is 17.6 Å². The molecular weight excluding hydrogens is 248 g/mol. The van der Waals surface area contributed by atoms with E-state index in [9.17, 15) is 0 Å². The predicted molar refractivity (Wildman–Crippen MR) is 80.0 cm³/mol. The van der Waals surface area contributed by atoms with Crippen molar-refractivity contribution in [2.75, 3.05) is 0 Å². The van der Waals surface area contributed by atoms with Gasteiger partial charge in [0.05, 0.1) is 27.2 Å². The van der Waals surface area contributed by atoms with Crippen molar-refractivity contribution in [1.82, 2.24) is 9.13 Å². The Labute approximate surface area is 122 Å². The highest BCUT2D eigenvalue weighted by atomic mass is 15.2. The lowest BCUT2D eigenvalue weighted by Crippen LogP contribution is -2.38. The van der Waals surface area contributed by atoms with E-state index in [1.54, 1.807) is 0 Å². The lowest BCUT2D eigenvalue weighted by Gasteiger charge is -2.02. The molecular formula is C16H28N4+2. The maximum Gasteiger partial charge on any atom is 0.373 e. The third kappa shape index (κ3) is 2.94. The number of aromatic nitrogens is 4. The number of aryl methyl sites for hydroxylation is 4. The van der Waals surface area contributed by atoms with Crippen LogP contribution in [0.4, 0.5) is 0 Å². The summed E-state index contributed by atoms with van der Waals surface area (Å²) in [6.45, 7) is 6.55. The van der Waals surface area contributed by atoms with Crippen molar-refractivity contribution < 1.29 is 9.13 Å². The fourth-order valence-electron chi connectivity index (χ4n) is 2.77. The maximum absolute atomic E-state index is 2.39. The predicted octanol–water partition coefficient (Wildman–Crippen LogP) is 2.21. The summed E-state index contributed by atoms with van der Waals surface area (Å²) in [5.74, 6) is 2.56. The molecule has 0 radical (unpaired) electrons. The van der Waals surface area contributed by atoms with Gasteiger partial charge >= 0.3 is 11.6 Å². The Bertz CT molecular complexity index is 551. The summed E-state index contributed by atoms with van der Waals surface area (Å²) in [5, 5.41) is 0. The molecule has 110 valence electrons. The molecule has 0 aromatic carbocycles. The van der Waals surface area contributed by atoms with Crippen LogP contribution in [0.1, 0.15) is 39.5 Å². The Balaban J connectivity index is 2.27. The number of hydrogen-bond donors (Lipinski definition) is 0. The molecule has 0 bridgehead atoms. The molecule has 0 fully saturated rings. The third-order valence-electron chi connectivity index (χ3n) is 3.95. The first-order valence-corrected chi connectivity index (χ1v) is 7.78. The van der Waals surface area contributed by atoms with Crippen LogP contribution in [0.5, 0.6) is 0 Å². The molecule has 0 aliphatic heterocycles. The minimum Gasteiger partial charge on any atom is -0.226 e. The molecule has 0 spiro atoms. The summed E-state index contributed by atoms with van der Waals surface area (Å²) in [4.78, 5) is 0. The van der Waals surface area contributed by atoms with Crippen LogP contribution in [0, 0.1) is 0 Å². The van der Waals surface area contributed by atoms with Crippen LogP contribution in [0.2, 0.25) is 0 Å². The van der Waals surface area contributed by atoms with Crippen LogP contribution in [0.15, 0.2) is 24.8 Å². The van der Waals surface area contributed by atoms with Gasteiger partial charge in [0.25, 0.3) is 0 Å². The molecule has 0 atom stereocenters. The van der Waals surface area contributed by atoms with E-state index >= 15 is 0 Å². The number of unbranched alkanes of at least 4 members (excludes halogenated alkanes) is 3. The van der Waals surface area contributed by atoms with E-state index in [4.69, 9.17) is 0 Å². The molecule has 4 heteroatoms. The van der Waals surface area contributed by atoms with Crippen molar-refractivity contribution in [3.05, 3.63) is 24.8 Å². The second kappa shape index (κ2) is 6.73. The monoisotopic (exact) mass is 276 g/mol. The Morgan fingerprint density at radius 1 is 0.850 bits per heavy atom. The highest BCUT2D eigenvalue weighted by Gasteiger charge is 2.29. The molecule has 20 heavy (non-hydrogen) atoms. The van der Waals surface area contributed by atoms with E-state index in [1.807, 2.05) is 0 Å². The third-order valence-corrected chi connectivity index (χ3v) is 3.95. The summed E-state index contributed by atoms with van der Waals surface area (Å²) in [5.41, 5.74) is 0. The van der Waals surface area contributed by atoms with Crippen molar-refractivity contribution in [1.29, 1.82) is 0 Å². The highest BCUT2D eigenvalue weighted by Crippen LogP contribution is 2.13. The van der Waals surface area contributed by atoms with Crippen LogP contribution in [0.3, 0.4) is 0 Å². The highest BCUT2D eigenvalue weighted by molar-refractivity contribution is 5.36. The molecule has 0 amide bonds. The van der Waals surface area contributed by atoms with Crippen molar-refractivity contribution in [3.8, 4) is 11.6 Å². The first kappa shape index (κ1) is 14.8. The van der Waals surface area contributed by atoms with Gasteiger partial charge in [-0.05, 0) is 19.8 Å². The Morgan fingerprint density at radius 2 is 1.45 bits per heavy atom. The van der Waals surface area contributed by atoms with Crippen LogP contribution in [-0.2, 0) is 27.2 Å². The summed E-state index contributed by atoms with van der Waals surface area (Å²) in [7, 11) is 4.25. The van der Waals surface area contributed by atoms with Gasteiger partial charge in [0.1, 0.15) is 24.8 Å². The Kier molecular flexibility index (Phi) is 4.99. The fourth-order valence-corrected chi connectivity index (χ4v) is 2.77. The number of hydrogen-bond acceptors (Lipinski definition) is 0. The van der Waals surface area contributed by atoms with Crippen molar-refractivity contribution in [3.63, 3.8) is 0 Å². The van der Waals surface area contributed by atoms with Gasteiger partial charge in [0.15, 0.2) is 0 Å². The molecule has 2 rings (SSSR count). The number of nitrogens with zero attached hydrogens (tertiary/aromatic N) is 4. The van der Waals surface area contributed by atoms with E-state index in [1.165, 1.54) is 37.3 Å². The summed E-state index contributed by atoms with van der Waals surface area (Å²) < 4.78 is 9.12. The van der Waals surface area contributed by atoms with E-state index in [-0.39, 0.29) is 0 Å². The molecule has 0 aliphatic rings. The van der Waals surface area contributed by atoms with Gasteiger partial charge < -0.3 is 0 Å². The van der Waals surface area contributed by atoms with E-state index in [0.29, 0.717) is 0 Å². The van der Waals surface area contributed by atoms with Gasteiger partial charge in [-0.15, -0.1) is 0 Å². The normalized spacial score (nSPS) is 11.2. The lowest BCUT2D eigenvalue weighted by atomic mass is 10.2. The standard InChI is InChI=1S/C16H28N4/c1-5-7-8-9-10-20-14-12-18(4)16(20)15-17(3)11-13-19(15)6-2/h11-14H,5-10H2,1-4H3/q+2. The smallest absolute Gasteiger partial charge is 0.226 e. The van der Waals surface area contributed by atoms with E-state index in [0.717, 1.165) is 13.1 Å².